The molecule has 0 aliphatic carbocycles. The maximum Gasteiger partial charge on any atom is 0.309 e. The molecule has 4 heteroatoms. The number of hydrogen-bond donors (Lipinski definition) is 0. The summed E-state index contributed by atoms with van der Waals surface area (Å²) in [6.07, 6.45) is 3.16. The zero-order chi connectivity index (χ0) is 12.1. The zero-order valence-electron chi connectivity index (χ0n) is 10.2. The summed E-state index contributed by atoms with van der Waals surface area (Å²) in [4.78, 5) is 15.3. The first-order chi connectivity index (χ1) is 8.29. The summed E-state index contributed by atoms with van der Waals surface area (Å²) in [6.45, 7) is 3.02. The summed E-state index contributed by atoms with van der Waals surface area (Å²) in [5, 5.41) is 2.11. The van der Waals surface area contributed by atoms with Gasteiger partial charge in [0, 0.05) is 18.0 Å². The number of thiophene rings is 1. The summed E-state index contributed by atoms with van der Waals surface area (Å²) < 4.78 is 4.82. The van der Waals surface area contributed by atoms with Crippen molar-refractivity contribution in [1.82, 2.24) is 4.90 Å². The van der Waals surface area contributed by atoms with Crippen LogP contribution >= 0.6 is 11.3 Å². The van der Waals surface area contributed by atoms with Crippen molar-refractivity contribution < 1.29 is 9.53 Å². The molecule has 0 saturated carbocycles. The van der Waals surface area contributed by atoms with Gasteiger partial charge in [-0.3, -0.25) is 4.79 Å². The number of esters is 1. The highest BCUT2D eigenvalue weighted by Gasteiger charge is 2.25. The first-order valence-electron chi connectivity index (χ1n) is 6.12. The highest BCUT2D eigenvalue weighted by atomic mass is 32.1. The number of ether oxygens (including phenoxy) is 1. The van der Waals surface area contributed by atoms with Gasteiger partial charge in [-0.15, -0.1) is 11.3 Å². The van der Waals surface area contributed by atoms with Crippen LogP contribution in [0.3, 0.4) is 0 Å². The van der Waals surface area contributed by atoms with E-state index in [1.807, 2.05) is 0 Å². The fourth-order valence-electron chi connectivity index (χ4n) is 2.34. The molecular weight excluding hydrogens is 234 g/mol. The van der Waals surface area contributed by atoms with Crippen LogP contribution in [0.25, 0.3) is 0 Å². The van der Waals surface area contributed by atoms with Gasteiger partial charge in [0.1, 0.15) is 0 Å². The molecule has 1 aromatic heterocycles. The van der Waals surface area contributed by atoms with Crippen LogP contribution in [0.15, 0.2) is 17.5 Å². The second kappa shape index (κ2) is 6.17. The molecule has 1 atom stereocenters. The van der Waals surface area contributed by atoms with Gasteiger partial charge in [-0.2, -0.15) is 0 Å². The summed E-state index contributed by atoms with van der Waals surface area (Å²) in [5.41, 5.74) is 0. The molecule has 17 heavy (non-hydrogen) atoms. The van der Waals surface area contributed by atoms with E-state index in [9.17, 15) is 4.79 Å². The average Bonchev–Trinajstić information content (AvgIpc) is 2.89. The zero-order valence-corrected chi connectivity index (χ0v) is 11.0. The average molecular weight is 253 g/mol. The summed E-state index contributed by atoms with van der Waals surface area (Å²) in [6, 6.07) is 4.26. The Balaban J connectivity index is 1.79. The molecule has 2 heterocycles. The lowest BCUT2D eigenvalue weighted by Gasteiger charge is -2.31. The van der Waals surface area contributed by atoms with Gasteiger partial charge in [-0.25, -0.2) is 0 Å². The van der Waals surface area contributed by atoms with Gasteiger partial charge >= 0.3 is 5.97 Å². The molecule has 1 aliphatic rings. The van der Waals surface area contributed by atoms with Gasteiger partial charge in [-0.05, 0) is 37.3 Å². The lowest BCUT2D eigenvalue weighted by molar-refractivity contribution is -0.147. The Bertz CT molecular complexity index is 350. The van der Waals surface area contributed by atoms with E-state index in [-0.39, 0.29) is 11.9 Å². The number of nitrogens with zero attached hydrogens (tertiary/aromatic N) is 1. The molecule has 1 fully saturated rings. The minimum absolute atomic E-state index is 0.0502. The topological polar surface area (TPSA) is 29.5 Å². The third-order valence-electron chi connectivity index (χ3n) is 3.29. The van der Waals surface area contributed by atoms with Crippen molar-refractivity contribution in [3.63, 3.8) is 0 Å². The number of hydrogen-bond acceptors (Lipinski definition) is 4. The number of likely N-dealkylation sites (tertiary alicyclic amines) is 1. The summed E-state index contributed by atoms with van der Waals surface area (Å²) in [5.74, 6) is 0.0305. The molecule has 94 valence electrons. The molecule has 0 radical (unpaired) electrons. The molecule has 1 saturated heterocycles. The third-order valence-corrected chi connectivity index (χ3v) is 4.23. The van der Waals surface area contributed by atoms with E-state index in [4.69, 9.17) is 4.74 Å². The highest BCUT2D eigenvalue weighted by Crippen LogP contribution is 2.18. The van der Waals surface area contributed by atoms with Gasteiger partial charge in [0.2, 0.25) is 0 Å². The molecular formula is C13H19NO2S. The van der Waals surface area contributed by atoms with Crippen molar-refractivity contribution in [2.24, 2.45) is 5.92 Å². The first kappa shape index (κ1) is 12.6. The number of carbonyl (C=O) groups is 1. The van der Waals surface area contributed by atoms with E-state index in [0.717, 1.165) is 38.9 Å². The fraction of sp³-hybridized carbons (Fsp3) is 0.615. The lowest BCUT2D eigenvalue weighted by Crippen LogP contribution is -2.40. The molecule has 0 aromatic carbocycles. The monoisotopic (exact) mass is 253 g/mol. The molecule has 0 spiro atoms. The Labute approximate surface area is 106 Å². The van der Waals surface area contributed by atoms with Crippen LogP contribution in [-0.2, 0) is 16.0 Å². The van der Waals surface area contributed by atoms with Gasteiger partial charge in [0.25, 0.3) is 0 Å². The molecule has 0 amide bonds. The van der Waals surface area contributed by atoms with E-state index in [1.54, 1.807) is 11.3 Å². The lowest BCUT2D eigenvalue weighted by atomic mass is 9.98. The van der Waals surface area contributed by atoms with Gasteiger partial charge < -0.3 is 9.64 Å². The first-order valence-corrected chi connectivity index (χ1v) is 7.00. The molecule has 1 aliphatic heterocycles. The van der Waals surface area contributed by atoms with E-state index >= 15 is 0 Å². The minimum Gasteiger partial charge on any atom is -0.469 e. The minimum atomic E-state index is -0.0502. The second-order valence-electron chi connectivity index (χ2n) is 4.49. The van der Waals surface area contributed by atoms with Gasteiger partial charge in [0.15, 0.2) is 0 Å². The molecule has 0 bridgehead atoms. The van der Waals surface area contributed by atoms with Crippen molar-refractivity contribution in [2.45, 2.75) is 19.3 Å². The third kappa shape index (κ3) is 3.54. The SMILES string of the molecule is COC(=O)C1CCCN(CCc2cccs2)C1. The number of piperidine rings is 1. The van der Waals surface area contributed by atoms with Crippen molar-refractivity contribution in [3.8, 4) is 0 Å². The van der Waals surface area contributed by atoms with E-state index in [2.05, 4.69) is 22.4 Å². The predicted molar refractivity (Wildman–Crippen MR) is 69.2 cm³/mol. The van der Waals surface area contributed by atoms with Crippen LogP contribution in [0.4, 0.5) is 0 Å². The predicted octanol–water partition coefficient (Wildman–Crippen LogP) is 2.18. The molecule has 3 nitrogen and oxygen atoms in total. The van der Waals surface area contributed by atoms with Gasteiger partial charge in [0.05, 0.1) is 13.0 Å². The van der Waals surface area contributed by atoms with Crippen LogP contribution in [-0.4, -0.2) is 37.6 Å². The van der Waals surface area contributed by atoms with Crippen LogP contribution in [0.1, 0.15) is 17.7 Å². The number of carbonyl (C=O) groups excluding carboxylic acids is 1. The van der Waals surface area contributed by atoms with Crippen molar-refractivity contribution in [1.29, 1.82) is 0 Å². The smallest absolute Gasteiger partial charge is 0.309 e. The molecule has 1 aromatic rings. The molecule has 0 N–H and O–H groups in total. The number of methoxy groups -OCH3 is 1. The maximum absolute atomic E-state index is 11.5. The molecule has 1 unspecified atom stereocenters. The van der Waals surface area contributed by atoms with E-state index in [1.165, 1.54) is 12.0 Å². The van der Waals surface area contributed by atoms with E-state index in [0.29, 0.717) is 0 Å². The normalized spacial score (nSPS) is 21.4. The largest absolute Gasteiger partial charge is 0.469 e. The van der Waals surface area contributed by atoms with Crippen LogP contribution in [0.5, 0.6) is 0 Å². The standard InChI is InChI=1S/C13H19NO2S/c1-16-13(15)11-4-2-7-14(10-11)8-6-12-5-3-9-17-12/h3,5,9,11H,2,4,6-8,10H2,1H3. The maximum atomic E-state index is 11.5. The van der Waals surface area contributed by atoms with Crippen molar-refractivity contribution in [2.75, 3.05) is 26.7 Å². The van der Waals surface area contributed by atoms with Crippen LogP contribution in [0, 0.1) is 5.92 Å². The Morgan fingerprint density at radius 2 is 2.53 bits per heavy atom. The van der Waals surface area contributed by atoms with Crippen LogP contribution < -0.4 is 0 Å². The Morgan fingerprint density at radius 1 is 1.65 bits per heavy atom. The number of rotatable bonds is 4. The Morgan fingerprint density at radius 3 is 3.24 bits per heavy atom. The van der Waals surface area contributed by atoms with Crippen molar-refractivity contribution >= 4 is 17.3 Å². The molecule has 2 rings (SSSR count). The Kier molecular flexibility index (Phi) is 4.57. The summed E-state index contributed by atoms with van der Waals surface area (Å²) >= 11 is 1.80. The summed E-state index contributed by atoms with van der Waals surface area (Å²) in [7, 11) is 1.48. The van der Waals surface area contributed by atoms with Gasteiger partial charge in [-0.1, -0.05) is 6.07 Å². The second-order valence-corrected chi connectivity index (χ2v) is 5.52. The highest BCUT2D eigenvalue weighted by molar-refractivity contribution is 7.09. The fourth-order valence-corrected chi connectivity index (χ4v) is 3.04. The van der Waals surface area contributed by atoms with Crippen molar-refractivity contribution in [3.05, 3.63) is 22.4 Å². The quantitative estimate of drug-likeness (QED) is 0.770. The Hall–Kier alpha value is -0.870. The van der Waals surface area contributed by atoms with Crippen LogP contribution in [0.2, 0.25) is 0 Å². The van der Waals surface area contributed by atoms with E-state index < -0.39 is 0 Å².